The Bertz CT molecular complexity index is 570. The fourth-order valence-electron chi connectivity index (χ4n) is 2.90. The second kappa shape index (κ2) is 4.93. The molecule has 0 fully saturated rings. The van der Waals surface area contributed by atoms with E-state index in [4.69, 9.17) is 11.5 Å². The Morgan fingerprint density at radius 1 is 1.14 bits per heavy atom. The van der Waals surface area contributed by atoms with Gasteiger partial charge in [0.05, 0.1) is 22.5 Å². The minimum atomic E-state index is -0.529. The highest BCUT2D eigenvalue weighted by Gasteiger charge is 2.43. The monoisotopic (exact) mass is 289 g/mol. The van der Waals surface area contributed by atoms with Gasteiger partial charge in [-0.1, -0.05) is 20.8 Å². The van der Waals surface area contributed by atoms with Gasteiger partial charge in [0.2, 0.25) is 5.91 Å². The van der Waals surface area contributed by atoms with Crippen LogP contribution >= 0.6 is 0 Å². The van der Waals surface area contributed by atoms with Crippen LogP contribution in [0.4, 0.5) is 17.1 Å². The summed E-state index contributed by atoms with van der Waals surface area (Å²) in [4.78, 5) is 14.6. The molecule has 4 heteroatoms. The van der Waals surface area contributed by atoms with E-state index in [1.54, 1.807) is 0 Å². The maximum absolute atomic E-state index is 12.7. The number of amides is 1. The van der Waals surface area contributed by atoms with E-state index in [9.17, 15) is 4.79 Å². The lowest BCUT2D eigenvalue weighted by molar-refractivity contribution is -0.122. The van der Waals surface area contributed by atoms with Gasteiger partial charge in [-0.3, -0.25) is 4.79 Å². The van der Waals surface area contributed by atoms with Crippen molar-refractivity contribution in [2.45, 2.75) is 52.9 Å². The zero-order chi connectivity index (χ0) is 16.0. The Morgan fingerprint density at radius 3 is 2.29 bits per heavy atom. The Hall–Kier alpha value is -1.71. The van der Waals surface area contributed by atoms with Gasteiger partial charge in [0, 0.05) is 6.54 Å². The molecule has 21 heavy (non-hydrogen) atoms. The first-order valence-corrected chi connectivity index (χ1v) is 7.55. The molecule has 0 saturated heterocycles. The van der Waals surface area contributed by atoms with Crippen LogP contribution in [-0.4, -0.2) is 12.5 Å². The molecule has 0 saturated carbocycles. The molecule has 0 aromatic heterocycles. The number of fused-ring (bicyclic) bond motifs is 1. The molecule has 0 radical (unpaired) electrons. The smallest absolute Gasteiger partial charge is 0.237 e. The molecule has 2 rings (SSSR count). The Balaban J connectivity index is 2.29. The first-order chi connectivity index (χ1) is 9.54. The molecule has 1 aliphatic rings. The predicted octanol–water partition coefficient (Wildman–Crippen LogP) is 3.30. The second-order valence-electron chi connectivity index (χ2n) is 7.74. The Kier molecular flexibility index (Phi) is 3.68. The molecular weight excluding hydrogens is 262 g/mol. The lowest BCUT2D eigenvalue weighted by atomic mass is 9.86. The van der Waals surface area contributed by atoms with Crippen molar-refractivity contribution >= 4 is 23.0 Å². The van der Waals surface area contributed by atoms with E-state index in [1.807, 2.05) is 30.9 Å². The molecule has 1 aromatic rings. The van der Waals surface area contributed by atoms with Gasteiger partial charge >= 0.3 is 0 Å². The van der Waals surface area contributed by atoms with Crippen LogP contribution in [0, 0.1) is 5.41 Å². The number of nitrogens with zero attached hydrogens (tertiary/aromatic N) is 1. The number of benzene rings is 1. The molecule has 0 unspecified atom stereocenters. The van der Waals surface area contributed by atoms with E-state index in [0.717, 1.165) is 30.6 Å². The summed E-state index contributed by atoms with van der Waals surface area (Å²) >= 11 is 0. The highest BCUT2D eigenvalue weighted by Crippen LogP contribution is 2.44. The quantitative estimate of drug-likeness (QED) is 0.839. The number of carbonyl (C=O) groups is 1. The molecule has 4 nitrogen and oxygen atoms in total. The molecule has 4 N–H and O–H groups in total. The number of hydrogen-bond acceptors (Lipinski definition) is 3. The zero-order valence-electron chi connectivity index (χ0n) is 13.8. The molecule has 0 aliphatic carbocycles. The van der Waals surface area contributed by atoms with Crippen LogP contribution in [0.1, 0.15) is 53.0 Å². The third-order valence-electron chi connectivity index (χ3n) is 4.25. The van der Waals surface area contributed by atoms with Crippen molar-refractivity contribution in [3.63, 3.8) is 0 Å². The molecule has 0 spiro atoms. The average molecular weight is 289 g/mol. The van der Waals surface area contributed by atoms with Gasteiger partial charge in [-0.2, -0.15) is 0 Å². The van der Waals surface area contributed by atoms with E-state index < -0.39 is 5.41 Å². The van der Waals surface area contributed by atoms with Crippen LogP contribution in [0.25, 0.3) is 0 Å². The standard InChI is InChI=1S/C17H27N3O/c1-16(2,3)7-6-8-20-14-10-13(19)12(18)9-11(14)17(4,5)15(20)21/h9-10H,6-8,18-19H2,1-5H3. The zero-order valence-corrected chi connectivity index (χ0v) is 13.8. The fourth-order valence-corrected chi connectivity index (χ4v) is 2.90. The maximum Gasteiger partial charge on any atom is 0.237 e. The molecule has 1 amide bonds. The third-order valence-corrected chi connectivity index (χ3v) is 4.25. The van der Waals surface area contributed by atoms with Crippen LogP contribution in [0.2, 0.25) is 0 Å². The van der Waals surface area contributed by atoms with E-state index >= 15 is 0 Å². The Morgan fingerprint density at radius 2 is 1.71 bits per heavy atom. The van der Waals surface area contributed by atoms with Crippen molar-refractivity contribution < 1.29 is 4.79 Å². The topological polar surface area (TPSA) is 72.3 Å². The van der Waals surface area contributed by atoms with Crippen LogP contribution < -0.4 is 16.4 Å². The van der Waals surface area contributed by atoms with Crippen LogP contribution in [0.15, 0.2) is 12.1 Å². The van der Waals surface area contributed by atoms with E-state index in [0.29, 0.717) is 11.4 Å². The van der Waals surface area contributed by atoms with Gasteiger partial charge in [-0.25, -0.2) is 0 Å². The van der Waals surface area contributed by atoms with E-state index in [-0.39, 0.29) is 11.3 Å². The molecule has 0 bridgehead atoms. The minimum Gasteiger partial charge on any atom is -0.397 e. The van der Waals surface area contributed by atoms with Gasteiger partial charge in [-0.05, 0) is 49.8 Å². The molecule has 1 heterocycles. The summed E-state index contributed by atoms with van der Waals surface area (Å²) in [6, 6.07) is 3.70. The number of carbonyl (C=O) groups excluding carboxylic acids is 1. The predicted molar refractivity (Wildman–Crippen MR) is 89.3 cm³/mol. The van der Waals surface area contributed by atoms with Crippen molar-refractivity contribution in [2.24, 2.45) is 5.41 Å². The van der Waals surface area contributed by atoms with E-state index in [1.165, 1.54) is 0 Å². The van der Waals surface area contributed by atoms with Crippen LogP contribution in [0.3, 0.4) is 0 Å². The highest BCUT2D eigenvalue weighted by atomic mass is 16.2. The Labute approximate surface area is 127 Å². The second-order valence-corrected chi connectivity index (χ2v) is 7.74. The number of anilines is 3. The molecule has 1 aliphatic heterocycles. The summed E-state index contributed by atoms with van der Waals surface area (Å²) in [5, 5.41) is 0. The van der Waals surface area contributed by atoms with E-state index in [2.05, 4.69) is 20.8 Å². The highest BCUT2D eigenvalue weighted by molar-refractivity contribution is 6.08. The lowest BCUT2D eigenvalue weighted by Crippen LogP contribution is -2.37. The van der Waals surface area contributed by atoms with Crippen molar-refractivity contribution in [2.75, 3.05) is 22.9 Å². The normalized spacial score (nSPS) is 17.2. The van der Waals surface area contributed by atoms with Gasteiger partial charge in [0.1, 0.15) is 0 Å². The molecule has 0 atom stereocenters. The summed E-state index contributed by atoms with van der Waals surface area (Å²) in [6.07, 6.45) is 2.06. The summed E-state index contributed by atoms with van der Waals surface area (Å²) in [5.74, 6) is 0.136. The summed E-state index contributed by atoms with van der Waals surface area (Å²) in [7, 11) is 0. The molecule has 1 aromatic carbocycles. The van der Waals surface area contributed by atoms with Crippen LogP contribution in [0.5, 0.6) is 0 Å². The van der Waals surface area contributed by atoms with Gasteiger partial charge in [0.25, 0.3) is 0 Å². The van der Waals surface area contributed by atoms with Crippen molar-refractivity contribution in [3.05, 3.63) is 17.7 Å². The maximum atomic E-state index is 12.7. The van der Waals surface area contributed by atoms with Gasteiger partial charge in [0.15, 0.2) is 0 Å². The number of nitrogen functional groups attached to an aromatic ring is 2. The summed E-state index contributed by atoms with van der Waals surface area (Å²) in [6.45, 7) is 11.3. The average Bonchev–Trinajstić information content (AvgIpc) is 2.51. The minimum absolute atomic E-state index is 0.136. The first kappa shape index (κ1) is 15.7. The number of hydrogen-bond donors (Lipinski definition) is 2. The van der Waals surface area contributed by atoms with Crippen molar-refractivity contribution in [1.29, 1.82) is 0 Å². The van der Waals surface area contributed by atoms with Crippen LogP contribution in [-0.2, 0) is 10.2 Å². The molecular formula is C17H27N3O. The van der Waals surface area contributed by atoms with Crippen molar-refractivity contribution in [1.82, 2.24) is 0 Å². The largest absolute Gasteiger partial charge is 0.397 e. The number of nitrogens with two attached hydrogens (primary N) is 2. The third kappa shape index (κ3) is 2.85. The summed E-state index contributed by atoms with van der Waals surface area (Å²) in [5.41, 5.74) is 14.6. The first-order valence-electron chi connectivity index (χ1n) is 7.55. The fraction of sp³-hybridized carbons (Fsp3) is 0.588. The summed E-state index contributed by atoms with van der Waals surface area (Å²) < 4.78 is 0. The SMILES string of the molecule is CC(C)(C)CCCN1C(=O)C(C)(C)c2cc(N)c(N)cc21. The number of rotatable bonds is 3. The van der Waals surface area contributed by atoms with Gasteiger partial charge < -0.3 is 16.4 Å². The van der Waals surface area contributed by atoms with Crippen molar-refractivity contribution in [3.8, 4) is 0 Å². The van der Waals surface area contributed by atoms with Gasteiger partial charge in [-0.15, -0.1) is 0 Å². The lowest BCUT2D eigenvalue weighted by Gasteiger charge is -2.23. The molecule has 116 valence electrons.